The number of hydrogen-bond acceptors (Lipinski definition) is 2. The third-order valence-corrected chi connectivity index (χ3v) is 7.06. The molecule has 1 N–H and O–H groups in total. The van der Waals surface area contributed by atoms with Gasteiger partial charge in [0.05, 0.1) is 0 Å². The van der Waals surface area contributed by atoms with Gasteiger partial charge >= 0.3 is 0 Å². The number of nitrogens with zero attached hydrogens (tertiary/aromatic N) is 1. The van der Waals surface area contributed by atoms with Crippen molar-refractivity contribution in [3.63, 3.8) is 0 Å². The van der Waals surface area contributed by atoms with Gasteiger partial charge in [-0.3, -0.25) is 4.90 Å². The molecule has 0 amide bonds. The molecule has 4 bridgehead atoms. The Bertz CT molecular complexity index is 325. The zero-order valence-corrected chi connectivity index (χ0v) is 13.4. The van der Waals surface area contributed by atoms with Crippen LogP contribution in [0.2, 0.25) is 0 Å². The molecule has 5 aliphatic rings. The fourth-order valence-electron chi connectivity index (χ4n) is 6.41. The first-order chi connectivity index (χ1) is 9.72. The molecule has 0 saturated heterocycles. The van der Waals surface area contributed by atoms with E-state index in [0.717, 1.165) is 29.8 Å². The Balaban J connectivity index is 1.51. The second-order valence-corrected chi connectivity index (χ2v) is 8.44. The highest BCUT2D eigenvalue weighted by Gasteiger charge is 2.54. The van der Waals surface area contributed by atoms with E-state index in [1.165, 1.54) is 45.2 Å². The highest BCUT2D eigenvalue weighted by atomic mass is 15.2. The molecule has 2 nitrogen and oxygen atoms in total. The van der Waals surface area contributed by atoms with E-state index in [0.29, 0.717) is 5.41 Å². The van der Waals surface area contributed by atoms with Gasteiger partial charge in [0, 0.05) is 18.6 Å². The number of rotatable bonds is 6. The molecule has 0 aromatic rings. The molecule has 5 rings (SSSR count). The fourth-order valence-corrected chi connectivity index (χ4v) is 6.41. The second-order valence-electron chi connectivity index (χ2n) is 8.44. The molecule has 0 aromatic heterocycles. The fraction of sp³-hybridized carbons (Fsp3) is 1.00. The molecule has 1 atom stereocenters. The van der Waals surface area contributed by atoms with Crippen LogP contribution >= 0.6 is 0 Å². The summed E-state index contributed by atoms with van der Waals surface area (Å²) in [5, 5.41) is 3.76. The van der Waals surface area contributed by atoms with Crippen LogP contribution in [0.15, 0.2) is 0 Å². The average Bonchev–Trinajstić information content (AvgIpc) is 3.22. The Hall–Kier alpha value is -0.0800. The zero-order chi connectivity index (χ0) is 13.7. The van der Waals surface area contributed by atoms with Crippen molar-refractivity contribution in [1.82, 2.24) is 10.2 Å². The van der Waals surface area contributed by atoms with Crippen LogP contribution in [0.4, 0.5) is 0 Å². The first kappa shape index (κ1) is 13.6. The summed E-state index contributed by atoms with van der Waals surface area (Å²) in [5.41, 5.74) is 0.659. The average molecular weight is 276 g/mol. The minimum absolute atomic E-state index is 0.659. The molecule has 0 aromatic carbocycles. The molecule has 2 heteroatoms. The topological polar surface area (TPSA) is 15.3 Å². The van der Waals surface area contributed by atoms with Gasteiger partial charge in [0.1, 0.15) is 0 Å². The van der Waals surface area contributed by atoms with Gasteiger partial charge in [-0.25, -0.2) is 0 Å². The van der Waals surface area contributed by atoms with E-state index in [2.05, 4.69) is 24.2 Å². The SMILES string of the molecule is CCN(CC(NC)C12CC3CC(CC(C3)C1)C2)C1CC1. The quantitative estimate of drug-likeness (QED) is 0.801. The van der Waals surface area contributed by atoms with Gasteiger partial charge in [-0.05, 0) is 88.1 Å². The van der Waals surface area contributed by atoms with Crippen molar-refractivity contribution in [2.24, 2.45) is 23.2 Å². The lowest BCUT2D eigenvalue weighted by atomic mass is 9.47. The van der Waals surface area contributed by atoms with Crippen molar-refractivity contribution in [3.05, 3.63) is 0 Å². The summed E-state index contributed by atoms with van der Waals surface area (Å²) < 4.78 is 0. The van der Waals surface area contributed by atoms with Crippen LogP contribution in [-0.4, -0.2) is 37.1 Å². The summed E-state index contributed by atoms with van der Waals surface area (Å²) in [6, 6.07) is 1.67. The zero-order valence-electron chi connectivity index (χ0n) is 13.4. The van der Waals surface area contributed by atoms with Crippen LogP contribution in [0, 0.1) is 23.2 Å². The molecule has 0 heterocycles. The standard InChI is InChI=1S/C18H32N2/c1-3-20(16-4-5-16)12-17(19-2)18-9-13-6-14(10-18)8-15(7-13)11-18/h13-17,19H,3-12H2,1-2H3. The molecule has 0 radical (unpaired) electrons. The monoisotopic (exact) mass is 276 g/mol. The molecule has 0 spiro atoms. The second kappa shape index (κ2) is 4.98. The molecule has 5 saturated carbocycles. The Morgan fingerprint density at radius 1 is 1.05 bits per heavy atom. The van der Waals surface area contributed by atoms with E-state index in [-0.39, 0.29) is 0 Å². The lowest BCUT2D eigenvalue weighted by molar-refractivity contribution is -0.0777. The van der Waals surface area contributed by atoms with Crippen molar-refractivity contribution < 1.29 is 0 Å². The predicted molar refractivity (Wildman–Crippen MR) is 83.7 cm³/mol. The Morgan fingerprint density at radius 2 is 1.60 bits per heavy atom. The van der Waals surface area contributed by atoms with Crippen LogP contribution < -0.4 is 5.32 Å². The van der Waals surface area contributed by atoms with Gasteiger partial charge < -0.3 is 5.32 Å². The Kier molecular flexibility index (Phi) is 3.38. The minimum atomic E-state index is 0.659. The van der Waals surface area contributed by atoms with Crippen LogP contribution in [-0.2, 0) is 0 Å². The van der Waals surface area contributed by atoms with Gasteiger partial charge in [-0.15, -0.1) is 0 Å². The lowest BCUT2D eigenvalue weighted by Crippen LogP contribution is -2.58. The maximum atomic E-state index is 3.76. The highest BCUT2D eigenvalue weighted by Crippen LogP contribution is 2.61. The largest absolute Gasteiger partial charge is 0.315 e. The Morgan fingerprint density at radius 3 is 2.00 bits per heavy atom. The van der Waals surface area contributed by atoms with Gasteiger partial charge in [0.2, 0.25) is 0 Å². The molecule has 114 valence electrons. The minimum Gasteiger partial charge on any atom is -0.315 e. The summed E-state index contributed by atoms with van der Waals surface area (Å²) in [7, 11) is 2.23. The summed E-state index contributed by atoms with van der Waals surface area (Å²) in [4.78, 5) is 2.76. The van der Waals surface area contributed by atoms with E-state index in [4.69, 9.17) is 0 Å². The number of hydrogen-bond donors (Lipinski definition) is 1. The molecule has 20 heavy (non-hydrogen) atoms. The van der Waals surface area contributed by atoms with E-state index < -0.39 is 0 Å². The molecule has 5 aliphatic carbocycles. The van der Waals surface area contributed by atoms with Gasteiger partial charge in [0.15, 0.2) is 0 Å². The van der Waals surface area contributed by atoms with E-state index in [1.807, 2.05) is 0 Å². The van der Waals surface area contributed by atoms with E-state index in [1.54, 1.807) is 19.3 Å². The van der Waals surface area contributed by atoms with E-state index >= 15 is 0 Å². The maximum Gasteiger partial charge on any atom is 0.0248 e. The third kappa shape index (κ3) is 2.23. The van der Waals surface area contributed by atoms with Crippen LogP contribution in [0.25, 0.3) is 0 Å². The predicted octanol–water partition coefficient (Wildman–Crippen LogP) is 3.28. The van der Waals surface area contributed by atoms with Crippen molar-refractivity contribution >= 4 is 0 Å². The van der Waals surface area contributed by atoms with Crippen LogP contribution in [0.3, 0.4) is 0 Å². The van der Waals surface area contributed by atoms with Crippen molar-refractivity contribution in [2.75, 3.05) is 20.1 Å². The molecule has 1 unspecified atom stereocenters. The van der Waals surface area contributed by atoms with Crippen molar-refractivity contribution in [3.8, 4) is 0 Å². The number of nitrogens with one attached hydrogen (secondary N) is 1. The molecule has 0 aliphatic heterocycles. The summed E-state index contributed by atoms with van der Waals surface area (Å²) in [6.45, 7) is 4.91. The lowest BCUT2D eigenvalue weighted by Gasteiger charge is -2.60. The van der Waals surface area contributed by atoms with Gasteiger partial charge in [-0.1, -0.05) is 6.92 Å². The van der Waals surface area contributed by atoms with Gasteiger partial charge in [-0.2, -0.15) is 0 Å². The van der Waals surface area contributed by atoms with E-state index in [9.17, 15) is 0 Å². The Labute approximate surface area is 124 Å². The van der Waals surface area contributed by atoms with Crippen molar-refractivity contribution in [2.45, 2.75) is 70.4 Å². The summed E-state index contributed by atoms with van der Waals surface area (Å²) in [5.74, 6) is 3.23. The third-order valence-electron chi connectivity index (χ3n) is 7.06. The first-order valence-electron chi connectivity index (χ1n) is 9.13. The molecule has 5 fully saturated rings. The summed E-state index contributed by atoms with van der Waals surface area (Å²) >= 11 is 0. The van der Waals surface area contributed by atoms with Gasteiger partial charge in [0.25, 0.3) is 0 Å². The van der Waals surface area contributed by atoms with Crippen molar-refractivity contribution in [1.29, 1.82) is 0 Å². The van der Waals surface area contributed by atoms with Crippen LogP contribution in [0.1, 0.15) is 58.3 Å². The normalized spacial score (nSPS) is 44.2. The summed E-state index contributed by atoms with van der Waals surface area (Å²) in [6.07, 6.45) is 12.2. The highest BCUT2D eigenvalue weighted by molar-refractivity contribution is 5.07. The molecular weight excluding hydrogens is 244 g/mol. The molecular formula is C18H32N2. The van der Waals surface area contributed by atoms with Crippen LogP contribution in [0.5, 0.6) is 0 Å². The first-order valence-corrected chi connectivity index (χ1v) is 9.13. The smallest absolute Gasteiger partial charge is 0.0248 e. The maximum absolute atomic E-state index is 3.76. The number of likely N-dealkylation sites (N-methyl/N-ethyl adjacent to an activating group) is 2.